The summed E-state index contributed by atoms with van der Waals surface area (Å²) >= 11 is 1.34. The molecule has 0 aliphatic heterocycles. The fourth-order valence-corrected chi connectivity index (χ4v) is 2.59. The van der Waals surface area contributed by atoms with Crippen molar-refractivity contribution in [1.29, 1.82) is 0 Å². The number of carbonyl (C=O) groups excluding carboxylic acids is 1. The molecule has 2 unspecified atom stereocenters. The highest BCUT2D eigenvalue weighted by molar-refractivity contribution is 7.18. The van der Waals surface area contributed by atoms with Crippen LogP contribution in [0.25, 0.3) is 0 Å². The van der Waals surface area contributed by atoms with Crippen LogP contribution >= 0.6 is 11.3 Å². The summed E-state index contributed by atoms with van der Waals surface area (Å²) < 4.78 is 0. The van der Waals surface area contributed by atoms with Crippen molar-refractivity contribution < 1.29 is 4.79 Å². The zero-order valence-electron chi connectivity index (χ0n) is 11.7. The third kappa shape index (κ3) is 3.59. The van der Waals surface area contributed by atoms with E-state index in [2.05, 4.69) is 29.5 Å². The molecule has 1 aliphatic carbocycles. The number of rotatable bonds is 6. The third-order valence-corrected chi connectivity index (χ3v) is 4.62. The van der Waals surface area contributed by atoms with Crippen molar-refractivity contribution in [1.82, 2.24) is 10.3 Å². The van der Waals surface area contributed by atoms with E-state index in [1.54, 1.807) is 0 Å². The summed E-state index contributed by atoms with van der Waals surface area (Å²) in [5.74, 6) is 0.649. The number of nitrogens with one attached hydrogen (secondary N) is 2. The van der Waals surface area contributed by atoms with Gasteiger partial charge in [0.05, 0.1) is 0 Å². The summed E-state index contributed by atoms with van der Waals surface area (Å²) in [6.45, 7) is 6.26. The van der Waals surface area contributed by atoms with Crippen LogP contribution < -0.4 is 16.4 Å². The Morgan fingerprint density at radius 3 is 2.79 bits per heavy atom. The summed E-state index contributed by atoms with van der Waals surface area (Å²) in [5.41, 5.74) is 5.82. The first-order chi connectivity index (χ1) is 9.01. The van der Waals surface area contributed by atoms with Crippen LogP contribution in [0.4, 0.5) is 10.9 Å². The molecule has 1 amide bonds. The standard InChI is InChI=1S/C13H22N4OS/c1-4-7(2)8(3)15-12(18)10-11(14)17-13(19-10)16-9-5-6-9/h7-9H,4-6,14H2,1-3H3,(H,15,18)(H,16,17). The number of aromatic nitrogens is 1. The Morgan fingerprint density at radius 2 is 2.21 bits per heavy atom. The highest BCUT2D eigenvalue weighted by atomic mass is 32.1. The number of thiazole rings is 1. The van der Waals surface area contributed by atoms with Crippen LogP contribution in [0.3, 0.4) is 0 Å². The van der Waals surface area contributed by atoms with Gasteiger partial charge in [0.1, 0.15) is 10.7 Å². The molecule has 1 aromatic rings. The molecule has 1 saturated carbocycles. The lowest BCUT2D eigenvalue weighted by molar-refractivity contribution is 0.0933. The highest BCUT2D eigenvalue weighted by Gasteiger charge is 2.24. The molecule has 4 N–H and O–H groups in total. The Labute approximate surface area is 118 Å². The van der Waals surface area contributed by atoms with Gasteiger partial charge >= 0.3 is 0 Å². The molecule has 1 fully saturated rings. The molecule has 2 atom stereocenters. The van der Waals surface area contributed by atoms with E-state index in [-0.39, 0.29) is 11.9 Å². The Kier molecular flexibility index (Phi) is 4.29. The fourth-order valence-electron chi connectivity index (χ4n) is 1.73. The first kappa shape index (κ1) is 14.1. The Morgan fingerprint density at radius 1 is 1.53 bits per heavy atom. The second-order valence-electron chi connectivity index (χ2n) is 5.30. The van der Waals surface area contributed by atoms with Crippen LogP contribution in [0, 0.1) is 5.92 Å². The number of nitrogens with zero attached hydrogens (tertiary/aromatic N) is 1. The first-order valence-corrected chi connectivity index (χ1v) is 7.66. The molecule has 0 bridgehead atoms. The monoisotopic (exact) mass is 282 g/mol. The van der Waals surface area contributed by atoms with E-state index in [1.807, 2.05) is 6.92 Å². The van der Waals surface area contributed by atoms with Gasteiger partial charge in [0.2, 0.25) is 0 Å². The smallest absolute Gasteiger partial charge is 0.265 e. The minimum atomic E-state index is -0.119. The van der Waals surface area contributed by atoms with Crippen molar-refractivity contribution in [2.24, 2.45) is 5.92 Å². The number of hydrogen-bond acceptors (Lipinski definition) is 5. The van der Waals surface area contributed by atoms with E-state index in [0.717, 1.165) is 11.6 Å². The lowest BCUT2D eigenvalue weighted by Gasteiger charge is -2.19. The van der Waals surface area contributed by atoms with Gasteiger partial charge in [0.25, 0.3) is 5.91 Å². The van der Waals surface area contributed by atoms with Gasteiger partial charge in [0.15, 0.2) is 5.13 Å². The topological polar surface area (TPSA) is 80.0 Å². The van der Waals surface area contributed by atoms with Gasteiger partial charge in [-0.2, -0.15) is 0 Å². The predicted molar refractivity (Wildman–Crippen MR) is 79.6 cm³/mol. The Balaban J connectivity index is 1.99. The molecule has 1 aliphatic rings. The van der Waals surface area contributed by atoms with Crippen molar-refractivity contribution in [3.05, 3.63) is 4.88 Å². The predicted octanol–water partition coefficient (Wildman–Crippen LogP) is 2.46. The zero-order chi connectivity index (χ0) is 14.0. The van der Waals surface area contributed by atoms with Gasteiger partial charge in [-0.1, -0.05) is 31.6 Å². The van der Waals surface area contributed by atoms with E-state index in [4.69, 9.17) is 5.73 Å². The molecule has 5 nitrogen and oxygen atoms in total. The third-order valence-electron chi connectivity index (χ3n) is 3.62. The summed E-state index contributed by atoms with van der Waals surface area (Å²) in [6.07, 6.45) is 3.38. The van der Waals surface area contributed by atoms with Crippen LogP contribution in [0.5, 0.6) is 0 Å². The van der Waals surface area contributed by atoms with E-state index in [9.17, 15) is 4.79 Å². The molecule has 1 heterocycles. The van der Waals surface area contributed by atoms with Crippen molar-refractivity contribution in [3.63, 3.8) is 0 Å². The number of anilines is 2. The molecule has 1 aromatic heterocycles. The van der Waals surface area contributed by atoms with E-state index < -0.39 is 0 Å². The fraction of sp³-hybridized carbons (Fsp3) is 0.692. The number of hydrogen-bond donors (Lipinski definition) is 3. The largest absolute Gasteiger partial charge is 0.382 e. The van der Waals surface area contributed by atoms with E-state index in [1.165, 1.54) is 24.2 Å². The van der Waals surface area contributed by atoms with Crippen LogP contribution in [-0.4, -0.2) is 23.0 Å². The molecule has 0 saturated heterocycles. The Bertz CT molecular complexity index is 455. The molecule has 19 heavy (non-hydrogen) atoms. The van der Waals surface area contributed by atoms with E-state index >= 15 is 0 Å². The first-order valence-electron chi connectivity index (χ1n) is 6.85. The molecule has 0 aromatic carbocycles. The summed E-state index contributed by atoms with van der Waals surface area (Å²) in [5, 5.41) is 7.01. The van der Waals surface area contributed by atoms with E-state index in [0.29, 0.717) is 22.7 Å². The van der Waals surface area contributed by atoms with Crippen LogP contribution in [0.2, 0.25) is 0 Å². The van der Waals surface area contributed by atoms with Crippen molar-refractivity contribution >= 4 is 28.2 Å². The summed E-state index contributed by atoms with van der Waals surface area (Å²) in [7, 11) is 0. The lowest BCUT2D eigenvalue weighted by atomic mass is 10.0. The highest BCUT2D eigenvalue weighted by Crippen LogP contribution is 2.30. The normalized spacial score (nSPS) is 17.8. The lowest BCUT2D eigenvalue weighted by Crippen LogP contribution is -2.36. The molecular weight excluding hydrogens is 260 g/mol. The van der Waals surface area contributed by atoms with Gasteiger partial charge in [-0.3, -0.25) is 4.79 Å². The average Bonchev–Trinajstić information content (AvgIpc) is 3.10. The quantitative estimate of drug-likeness (QED) is 0.749. The molecule has 2 rings (SSSR count). The summed E-state index contributed by atoms with van der Waals surface area (Å²) in [4.78, 5) is 16.9. The van der Waals surface area contributed by atoms with Crippen molar-refractivity contribution in [3.8, 4) is 0 Å². The average molecular weight is 282 g/mol. The number of amides is 1. The molecule has 0 spiro atoms. The molecular formula is C13H22N4OS. The number of carbonyl (C=O) groups is 1. The zero-order valence-corrected chi connectivity index (χ0v) is 12.5. The summed E-state index contributed by atoms with van der Waals surface area (Å²) in [6, 6.07) is 0.652. The van der Waals surface area contributed by atoms with Crippen LogP contribution in [0.15, 0.2) is 0 Å². The van der Waals surface area contributed by atoms with Gasteiger partial charge < -0.3 is 16.4 Å². The Hall–Kier alpha value is -1.30. The maximum absolute atomic E-state index is 12.2. The maximum Gasteiger partial charge on any atom is 0.265 e. The SMILES string of the molecule is CCC(C)C(C)NC(=O)c1sc(NC2CC2)nc1N. The minimum absolute atomic E-state index is 0.119. The van der Waals surface area contributed by atoms with Gasteiger partial charge in [-0.25, -0.2) is 4.98 Å². The van der Waals surface area contributed by atoms with Gasteiger partial charge in [-0.15, -0.1) is 0 Å². The molecule has 0 radical (unpaired) electrons. The number of nitrogen functional groups attached to an aromatic ring is 1. The second-order valence-corrected chi connectivity index (χ2v) is 6.30. The second kappa shape index (κ2) is 5.77. The minimum Gasteiger partial charge on any atom is -0.382 e. The maximum atomic E-state index is 12.2. The molecule has 106 valence electrons. The van der Waals surface area contributed by atoms with Crippen molar-refractivity contribution in [2.75, 3.05) is 11.1 Å². The van der Waals surface area contributed by atoms with Crippen LogP contribution in [0.1, 0.15) is 49.7 Å². The van der Waals surface area contributed by atoms with Gasteiger partial charge in [0, 0.05) is 12.1 Å². The van der Waals surface area contributed by atoms with Crippen molar-refractivity contribution in [2.45, 2.75) is 52.1 Å². The van der Waals surface area contributed by atoms with Crippen LogP contribution in [-0.2, 0) is 0 Å². The number of nitrogens with two attached hydrogens (primary N) is 1. The van der Waals surface area contributed by atoms with Gasteiger partial charge in [-0.05, 0) is 25.7 Å². The molecule has 6 heteroatoms.